The van der Waals surface area contributed by atoms with Gasteiger partial charge in [0.15, 0.2) is 0 Å². The number of rotatable bonds is 2. The van der Waals surface area contributed by atoms with Crippen LogP contribution < -0.4 is 5.32 Å². The Morgan fingerprint density at radius 3 is 2.62 bits per heavy atom. The van der Waals surface area contributed by atoms with Gasteiger partial charge in [0.05, 0.1) is 5.56 Å². The minimum absolute atomic E-state index is 0.0658. The van der Waals surface area contributed by atoms with Crippen LogP contribution in [0.1, 0.15) is 29.6 Å². The van der Waals surface area contributed by atoms with E-state index in [4.69, 9.17) is 11.6 Å². The molecule has 1 aromatic rings. The van der Waals surface area contributed by atoms with Crippen LogP contribution in [0.2, 0.25) is 5.02 Å². The van der Waals surface area contributed by atoms with Gasteiger partial charge in [-0.15, -0.1) is 0 Å². The van der Waals surface area contributed by atoms with E-state index in [1.165, 1.54) is 23.1 Å². The summed E-state index contributed by atoms with van der Waals surface area (Å²) in [5, 5.41) is 3.02. The van der Waals surface area contributed by atoms with E-state index < -0.39 is 17.6 Å². The molecule has 140 valence electrons. The van der Waals surface area contributed by atoms with E-state index in [2.05, 4.69) is 5.32 Å². The Morgan fingerprint density at radius 2 is 1.85 bits per heavy atom. The highest BCUT2D eigenvalue weighted by molar-refractivity contribution is 6.31. The largest absolute Gasteiger partial charge is 0.355 e. The van der Waals surface area contributed by atoms with Gasteiger partial charge in [0.25, 0.3) is 5.91 Å². The van der Waals surface area contributed by atoms with Crippen molar-refractivity contribution >= 4 is 29.3 Å². The molecule has 1 unspecified atom stereocenters. The van der Waals surface area contributed by atoms with Gasteiger partial charge in [-0.05, 0) is 37.5 Å². The van der Waals surface area contributed by atoms with Crippen molar-refractivity contribution in [3.05, 3.63) is 34.6 Å². The van der Waals surface area contributed by atoms with E-state index in [1.807, 2.05) is 0 Å². The molecule has 0 spiro atoms. The van der Waals surface area contributed by atoms with Crippen molar-refractivity contribution < 1.29 is 18.8 Å². The molecule has 1 N–H and O–H groups in total. The Kier molecular flexibility index (Phi) is 5.76. The van der Waals surface area contributed by atoms with E-state index in [1.54, 1.807) is 4.90 Å². The third kappa shape index (κ3) is 3.98. The van der Waals surface area contributed by atoms with Crippen LogP contribution in [0.25, 0.3) is 0 Å². The van der Waals surface area contributed by atoms with Crippen LogP contribution >= 0.6 is 11.6 Å². The zero-order chi connectivity index (χ0) is 18.7. The van der Waals surface area contributed by atoms with E-state index in [0.29, 0.717) is 50.6 Å². The number of nitrogens with zero attached hydrogens (tertiary/aromatic N) is 2. The molecule has 0 saturated carbocycles. The maximum Gasteiger partial charge on any atom is 0.256 e. The maximum absolute atomic E-state index is 14.0. The molecule has 3 amide bonds. The summed E-state index contributed by atoms with van der Waals surface area (Å²) < 4.78 is 14.0. The van der Waals surface area contributed by atoms with Crippen LogP contribution in [0.3, 0.4) is 0 Å². The molecule has 0 bridgehead atoms. The zero-order valence-corrected chi connectivity index (χ0v) is 15.1. The summed E-state index contributed by atoms with van der Waals surface area (Å²) in [6, 6.07) is 3.88. The molecule has 1 aromatic carbocycles. The zero-order valence-electron chi connectivity index (χ0n) is 14.3. The minimum Gasteiger partial charge on any atom is -0.355 e. The number of carbonyl (C=O) groups is 3. The van der Waals surface area contributed by atoms with Crippen molar-refractivity contribution in [2.45, 2.75) is 19.3 Å². The lowest BCUT2D eigenvalue weighted by molar-refractivity contribution is -0.143. The van der Waals surface area contributed by atoms with Crippen LogP contribution in [0, 0.1) is 11.7 Å². The lowest BCUT2D eigenvalue weighted by Gasteiger charge is -2.28. The Bertz CT molecular complexity index is 728. The number of benzene rings is 1. The highest BCUT2D eigenvalue weighted by Crippen LogP contribution is 2.19. The molecule has 2 heterocycles. The van der Waals surface area contributed by atoms with Crippen LogP contribution in [0.15, 0.2) is 18.2 Å². The van der Waals surface area contributed by atoms with Crippen LogP contribution in [0.4, 0.5) is 4.39 Å². The molecule has 2 aliphatic heterocycles. The molecule has 26 heavy (non-hydrogen) atoms. The van der Waals surface area contributed by atoms with Gasteiger partial charge < -0.3 is 15.1 Å². The number of hydrogen-bond donors (Lipinski definition) is 1. The van der Waals surface area contributed by atoms with E-state index in [0.717, 1.165) is 6.42 Å². The van der Waals surface area contributed by atoms with Gasteiger partial charge in [0.2, 0.25) is 11.8 Å². The monoisotopic (exact) mass is 381 g/mol. The van der Waals surface area contributed by atoms with Gasteiger partial charge in [0.1, 0.15) is 11.7 Å². The fraction of sp³-hybridized carbons (Fsp3) is 0.500. The second-order valence-corrected chi connectivity index (χ2v) is 7.02. The van der Waals surface area contributed by atoms with Crippen molar-refractivity contribution in [3.8, 4) is 0 Å². The van der Waals surface area contributed by atoms with Gasteiger partial charge in [-0.1, -0.05) is 11.6 Å². The summed E-state index contributed by atoms with van der Waals surface area (Å²) in [6.45, 7) is 2.13. The first kappa shape index (κ1) is 18.6. The summed E-state index contributed by atoms with van der Waals surface area (Å²) in [7, 11) is 0. The summed E-state index contributed by atoms with van der Waals surface area (Å²) in [6.07, 6.45) is 1.92. The minimum atomic E-state index is -0.642. The van der Waals surface area contributed by atoms with Crippen molar-refractivity contribution in [1.82, 2.24) is 15.1 Å². The van der Waals surface area contributed by atoms with Crippen LogP contribution in [-0.4, -0.2) is 60.2 Å². The first-order valence-electron chi connectivity index (χ1n) is 8.78. The van der Waals surface area contributed by atoms with Crippen molar-refractivity contribution in [3.63, 3.8) is 0 Å². The smallest absolute Gasteiger partial charge is 0.256 e. The molecule has 1 atom stereocenters. The van der Waals surface area contributed by atoms with Crippen molar-refractivity contribution in [2.75, 3.05) is 32.7 Å². The molecule has 2 aliphatic rings. The number of nitrogens with one attached hydrogen (secondary N) is 1. The lowest BCUT2D eigenvalue weighted by atomic mass is 9.97. The second-order valence-electron chi connectivity index (χ2n) is 6.58. The SMILES string of the molecule is O=C1NCCCC1C(=O)N1CCCN(C(=O)c2cc(Cl)ccc2F)CC1. The molecular formula is C18H21ClFN3O3. The molecule has 2 fully saturated rings. The van der Waals surface area contributed by atoms with E-state index in [9.17, 15) is 18.8 Å². The summed E-state index contributed by atoms with van der Waals surface area (Å²) in [4.78, 5) is 40.3. The summed E-state index contributed by atoms with van der Waals surface area (Å²) in [5.41, 5.74) is -0.0658. The predicted molar refractivity (Wildman–Crippen MR) is 94.2 cm³/mol. The highest BCUT2D eigenvalue weighted by atomic mass is 35.5. The molecule has 6 nitrogen and oxygen atoms in total. The maximum atomic E-state index is 14.0. The van der Waals surface area contributed by atoms with Gasteiger partial charge >= 0.3 is 0 Å². The summed E-state index contributed by atoms with van der Waals surface area (Å²) >= 11 is 5.87. The normalized spacial score (nSPS) is 21.2. The Labute approximate surface area is 156 Å². The third-order valence-corrected chi connectivity index (χ3v) is 5.07. The molecule has 2 saturated heterocycles. The first-order chi connectivity index (χ1) is 12.5. The van der Waals surface area contributed by atoms with Crippen molar-refractivity contribution in [2.24, 2.45) is 5.92 Å². The fourth-order valence-electron chi connectivity index (χ4n) is 3.40. The Morgan fingerprint density at radius 1 is 1.12 bits per heavy atom. The van der Waals surface area contributed by atoms with Gasteiger partial charge in [0, 0.05) is 37.7 Å². The van der Waals surface area contributed by atoms with E-state index >= 15 is 0 Å². The third-order valence-electron chi connectivity index (χ3n) is 4.84. The molecule has 0 aliphatic carbocycles. The Balaban J connectivity index is 1.66. The second kappa shape index (κ2) is 8.03. The number of amides is 3. The fourth-order valence-corrected chi connectivity index (χ4v) is 3.57. The average molecular weight is 382 g/mol. The number of hydrogen-bond acceptors (Lipinski definition) is 3. The lowest BCUT2D eigenvalue weighted by Crippen LogP contribution is -2.47. The van der Waals surface area contributed by atoms with Crippen molar-refractivity contribution in [1.29, 1.82) is 0 Å². The topological polar surface area (TPSA) is 69.7 Å². The molecular weight excluding hydrogens is 361 g/mol. The van der Waals surface area contributed by atoms with Crippen LogP contribution in [-0.2, 0) is 9.59 Å². The molecule has 0 aromatic heterocycles. The Hall–Kier alpha value is -2.15. The molecule has 8 heteroatoms. The van der Waals surface area contributed by atoms with Gasteiger partial charge in [-0.3, -0.25) is 14.4 Å². The number of carbonyl (C=O) groups excluding carboxylic acids is 3. The standard InChI is InChI=1S/C18H21ClFN3O3/c19-12-4-5-15(20)14(11-12)18(26)23-8-2-7-22(9-10-23)17(25)13-3-1-6-21-16(13)24/h4-5,11,13H,1-3,6-10H2,(H,21,24). The van der Waals surface area contributed by atoms with Crippen LogP contribution in [0.5, 0.6) is 0 Å². The predicted octanol–water partition coefficient (Wildman–Crippen LogP) is 1.68. The number of halogens is 2. The highest BCUT2D eigenvalue weighted by Gasteiger charge is 2.33. The average Bonchev–Trinajstić information content (AvgIpc) is 2.89. The molecule has 3 rings (SSSR count). The van der Waals surface area contributed by atoms with Gasteiger partial charge in [-0.2, -0.15) is 0 Å². The van der Waals surface area contributed by atoms with E-state index in [-0.39, 0.29) is 17.4 Å². The number of piperidine rings is 1. The van der Waals surface area contributed by atoms with Gasteiger partial charge in [-0.25, -0.2) is 4.39 Å². The molecule has 0 radical (unpaired) electrons. The quantitative estimate of drug-likeness (QED) is 0.792. The summed E-state index contributed by atoms with van der Waals surface area (Å²) in [5.74, 6) is -2.11. The first-order valence-corrected chi connectivity index (χ1v) is 9.16.